The average Bonchev–Trinajstić information content (AvgIpc) is 2.40. The number of rotatable bonds is 4. The molecule has 2 rings (SSSR count). The Morgan fingerprint density at radius 3 is 2.47 bits per heavy atom. The molecule has 0 aromatic heterocycles. The Labute approximate surface area is 112 Å². The first kappa shape index (κ1) is 13.1. The molecule has 0 fully saturated rings. The van der Waals surface area contributed by atoms with Crippen molar-refractivity contribution in [2.24, 2.45) is 0 Å². The highest BCUT2D eigenvalue weighted by atomic mass is 16.4. The van der Waals surface area contributed by atoms with Crippen molar-refractivity contribution in [1.29, 1.82) is 0 Å². The summed E-state index contributed by atoms with van der Waals surface area (Å²) in [6.07, 6.45) is -0.0406. The van der Waals surface area contributed by atoms with Crippen molar-refractivity contribution in [3.8, 4) is 5.75 Å². The second kappa shape index (κ2) is 5.57. The summed E-state index contributed by atoms with van der Waals surface area (Å²) in [6, 6.07) is 14.7. The number of phenolic OH excluding ortho intramolecular Hbond substituents is 1. The van der Waals surface area contributed by atoms with E-state index < -0.39 is 5.97 Å². The van der Waals surface area contributed by atoms with Gasteiger partial charge in [-0.15, -0.1) is 0 Å². The Bertz CT molecular complexity index is 576. The zero-order chi connectivity index (χ0) is 13.8. The first-order chi connectivity index (χ1) is 9.08. The highest BCUT2D eigenvalue weighted by Crippen LogP contribution is 2.34. The highest BCUT2D eigenvalue weighted by Gasteiger charge is 2.20. The van der Waals surface area contributed by atoms with Crippen molar-refractivity contribution < 1.29 is 15.0 Å². The molecule has 2 aromatic carbocycles. The van der Waals surface area contributed by atoms with Gasteiger partial charge in [-0.2, -0.15) is 0 Å². The first-order valence-electron chi connectivity index (χ1n) is 6.14. The Hall–Kier alpha value is -2.29. The summed E-state index contributed by atoms with van der Waals surface area (Å²) in [4.78, 5) is 11.1. The number of hydrogen-bond donors (Lipinski definition) is 2. The van der Waals surface area contributed by atoms with Gasteiger partial charge >= 0.3 is 5.97 Å². The van der Waals surface area contributed by atoms with E-state index in [2.05, 4.69) is 0 Å². The molecule has 0 saturated heterocycles. The number of carbonyl (C=O) groups is 1. The summed E-state index contributed by atoms with van der Waals surface area (Å²) >= 11 is 0. The molecule has 3 heteroatoms. The van der Waals surface area contributed by atoms with Crippen molar-refractivity contribution in [3.63, 3.8) is 0 Å². The van der Waals surface area contributed by atoms with Gasteiger partial charge in [0.15, 0.2) is 0 Å². The molecule has 0 radical (unpaired) electrons. The lowest BCUT2D eigenvalue weighted by Crippen LogP contribution is -2.08. The van der Waals surface area contributed by atoms with Gasteiger partial charge in [0.2, 0.25) is 0 Å². The van der Waals surface area contributed by atoms with Crippen LogP contribution in [-0.2, 0) is 4.79 Å². The number of hydrogen-bond acceptors (Lipinski definition) is 2. The van der Waals surface area contributed by atoms with Crippen LogP contribution in [0.4, 0.5) is 0 Å². The van der Waals surface area contributed by atoms with E-state index in [1.165, 1.54) is 0 Å². The first-order valence-corrected chi connectivity index (χ1v) is 6.14. The van der Waals surface area contributed by atoms with Crippen LogP contribution in [0.3, 0.4) is 0 Å². The number of aromatic hydroxyl groups is 1. The third kappa shape index (κ3) is 3.13. The summed E-state index contributed by atoms with van der Waals surface area (Å²) in [6.45, 7) is 1.92. The van der Waals surface area contributed by atoms with E-state index in [0.717, 1.165) is 11.1 Å². The maximum atomic E-state index is 11.1. The number of phenols is 1. The summed E-state index contributed by atoms with van der Waals surface area (Å²) < 4.78 is 0. The van der Waals surface area contributed by atoms with Gasteiger partial charge in [-0.1, -0.05) is 48.0 Å². The second-order valence-corrected chi connectivity index (χ2v) is 4.62. The van der Waals surface area contributed by atoms with Gasteiger partial charge in [0, 0.05) is 11.5 Å². The Morgan fingerprint density at radius 2 is 1.84 bits per heavy atom. The fraction of sp³-hybridized carbons (Fsp3) is 0.188. The van der Waals surface area contributed by atoms with Crippen LogP contribution in [0.1, 0.15) is 29.0 Å². The van der Waals surface area contributed by atoms with Gasteiger partial charge in [0.1, 0.15) is 5.75 Å². The third-order valence-corrected chi connectivity index (χ3v) is 3.14. The molecule has 2 N–H and O–H groups in total. The number of aryl methyl sites for hydroxylation is 1. The SMILES string of the molecule is Cc1ccc(O)c(C(CC(=O)O)c2ccccc2)c1. The average molecular weight is 256 g/mol. The zero-order valence-corrected chi connectivity index (χ0v) is 10.7. The zero-order valence-electron chi connectivity index (χ0n) is 10.7. The molecule has 19 heavy (non-hydrogen) atoms. The smallest absolute Gasteiger partial charge is 0.304 e. The van der Waals surface area contributed by atoms with Crippen molar-refractivity contribution in [3.05, 3.63) is 65.2 Å². The lowest BCUT2D eigenvalue weighted by molar-refractivity contribution is -0.137. The lowest BCUT2D eigenvalue weighted by atomic mass is 9.87. The maximum absolute atomic E-state index is 11.1. The van der Waals surface area contributed by atoms with Crippen molar-refractivity contribution in [2.75, 3.05) is 0 Å². The topological polar surface area (TPSA) is 57.5 Å². The van der Waals surface area contributed by atoms with Crippen LogP contribution in [0.15, 0.2) is 48.5 Å². The predicted molar refractivity (Wildman–Crippen MR) is 73.4 cm³/mol. The minimum Gasteiger partial charge on any atom is -0.508 e. The summed E-state index contributed by atoms with van der Waals surface area (Å²) in [5.41, 5.74) is 2.55. The van der Waals surface area contributed by atoms with Gasteiger partial charge < -0.3 is 10.2 Å². The molecule has 0 spiro atoms. The van der Waals surface area contributed by atoms with Crippen LogP contribution in [-0.4, -0.2) is 16.2 Å². The van der Waals surface area contributed by atoms with E-state index in [4.69, 9.17) is 5.11 Å². The third-order valence-electron chi connectivity index (χ3n) is 3.14. The van der Waals surface area contributed by atoms with Crippen LogP contribution in [0.5, 0.6) is 5.75 Å². The molecule has 0 amide bonds. The number of carboxylic acids is 1. The molecule has 0 aliphatic carbocycles. The standard InChI is InChI=1S/C16H16O3/c1-11-7-8-15(17)14(9-11)13(10-16(18)19)12-5-3-2-4-6-12/h2-9,13,17H,10H2,1H3,(H,18,19). The van der Waals surface area contributed by atoms with Crippen molar-refractivity contribution in [1.82, 2.24) is 0 Å². The Kier molecular flexibility index (Phi) is 3.85. The highest BCUT2D eigenvalue weighted by molar-refractivity contribution is 5.69. The molecule has 3 nitrogen and oxygen atoms in total. The molecule has 0 saturated carbocycles. The Balaban J connectivity index is 2.48. The van der Waals surface area contributed by atoms with Gasteiger partial charge in [-0.05, 0) is 18.6 Å². The van der Waals surface area contributed by atoms with Crippen molar-refractivity contribution >= 4 is 5.97 Å². The largest absolute Gasteiger partial charge is 0.508 e. The van der Waals surface area contributed by atoms with E-state index in [0.29, 0.717) is 5.56 Å². The number of carboxylic acid groups (broad SMARTS) is 1. The summed E-state index contributed by atoms with van der Waals surface area (Å²) in [7, 11) is 0. The van der Waals surface area contributed by atoms with E-state index in [1.807, 2.05) is 49.4 Å². The molecule has 0 aliphatic heterocycles. The second-order valence-electron chi connectivity index (χ2n) is 4.62. The fourth-order valence-corrected chi connectivity index (χ4v) is 2.22. The maximum Gasteiger partial charge on any atom is 0.304 e. The van der Waals surface area contributed by atoms with Crippen LogP contribution in [0, 0.1) is 6.92 Å². The minimum absolute atomic E-state index is 0.0406. The molecule has 2 aromatic rings. The van der Waals surface area contributed by atoms with E-state index >= 15 is 0 Å². The molecular formula is C16H16O3. The van der Waals surface area contributed by atoms with Gasteiger partial charge in [-0.3, -0.25) is 4.79 Å². The molecule has 0 bridgehead atoms. The molecule has 1 atom stereocenters. The molecular weight excluding hydrogens is 240 g/mol. The monoisotopic (exact) mass is 256 g/mol. The minimum atomic E-state index is -0.880. The van der Waals surface area contributed by atoms with E-state index in [9.17, 15) is 9.90 Å². The van der Waals surface area contributed by atoms with E-state index in [-0.39, 0.29) is 18.1 Å². The molecule has 1 unspecified atom stereocenters. The quantitative estimate of drug-likeness (QED) is 0.882. The molecule has 0 aliphatic rings. The summed E-state index contributed by atoms with van der Waals surface area (Å²) in [5.74, 6) is -1.07. The Morgan fingerprint density at radius 1 is 1.16 bits per heavy atom. The van der Waals surface area contributed by atoms with Crippen LogP contribution in [0.2, 0.25) is 0 Å². The van der Waals surface area contributed by atoms with Crippen molar-refractivity contribution in [2.45, 2.75) is 19.3 Å². The van der Waals surface area contributed by atoms with Gasteiger partial charge in [0.05, 0.1) is 6.42 Å². The number of aliphatic carboxylic acids is 1. The fourth-order valence-electron chi connectivity index (χ4n) is 2.22. The predicted octanol–water partition coefficient (Wildman–Crippen LogP) is 3.31. The normalized spacial score (nSPS) is 12.1. The molecule has 0 heterocycles. The van der Waals surface area contributed by atoms with Gasteiger partial charge in [-0.25, -0.2) is 0 Å². The molecule has 98 valence electrons. The van der Waals surface area contributed by atoms with E-state index in [1.54, 1.807) is 6.07 Å². The van der Waals surface area contributed by atoms with Crippen LogP contribution in [0.25, 0.3) is 0 Å². The summed E-state index contributed by atoms with van der Waals surface area (Å²) in [5, 5.41) is 19.1. The van der Waals surface area contributed by atoms with Crippen LogP contribution >= 0.6 is 0 Å². The van der Waals surface area contributed by atoms with Crippen LogP contribution < -0.4 is 0 Å². The number of benzene rings is 2. The van der Waals surface area contributed by atoms with Gasteiger partial charge in [0.25, 0.3) is 0 Å². The lowest BCUT2D eigenvalue weighted by Gasteiger charge is -2.17.